The summed E-state index contributed by atoms with van der Waals surface area (Å²) in [6.07, 6.45) is 2.42. The van der Waals surface area contributed by atoms with Crippen LogP contribution in [0.5, 0.6) is 5.75 Å². The Morgan fingerprint density at radius 1 is 1.54 bits per heavy atom. The lowest BCUT2D eigenvalue weighted by atomic mass is 10.4. The Morgan fingerprint density at radius 2 is 2.31 bits per heavy atom. The van der Waals surface area contributed by atoms with Crippen molar-refractivity contribution < 1.29 is 9.13 Å². The quantitative estimate of drug-likeness (QED) is 0.724. The summed E-state index contributed by atoms with van der Waals surface area (Å²) in [5, 5.41) is 2.77. The van der Waals surface area contributed by atoms with Crippen LogP contribution < -0.4 is 10.1 Å². The number of rotatable bonds is 3. The van der Waals surface area contributed by atoms with Crippen molar-refractivity contribution in [2.75, 3.05) is 12.4 Å². The molecule has 2 rings (SSSR count). The second-order valence-corrected chi connectivity index (χ2v) is 3.08. The van der Waals surface area contributed by atoms with E-state index in [1.807, 2.05) is 0 Å². The third kappa shape index (κ3) is 2.08. The third-order valence-electron chi connectivity index (χ3n) is 1.85. The van der Waals surface area contributed by atoms with Gasteiger partial charge in [-0.05, 0) is 12.8 Å². The van der Waals surface area contributed by atoms with E-state index in [1.165, 1.54) is 6.07 Å². The van der Waals surface area contributed by atoms with Crippen LogP contribution in [0.25, 0.3) is 0 Å². The molecule has 0 spiro atoms. The number of nitrogens with one attached hydrogen (secondary N) is 1. The highest BCUT2D eigenvalue weighted by molar-refractivity contribution is 5.40. The fourth-order valence-electron chi connectivity index (χ4n) is 1.05. The van der Waals surface area contributed by atoms with Gasteiger partial charge in [0.25, 0.3) is 0 Å². The molecular formula is C9H11FN2O. The first-order valence-electron chi connectivity index (χ1n) is 4.30. The molecule has 1 heterocycles. The van der Waals surface area contributed by atoms with Crippen LogP contribution in [-0.4, -0.2) is 18.1 Å². The summed E-state index contributed by atoms with van der Waals surface area (Å²) in [5.74, 6) is 0.539. The summed E-state index contributed by atoms with van der Waals surface area (Å²) in [7, 11) is 1.70. The van der Waals surface area contributed by atoms with E-state index in [9.17, 15) is 4.39 Å². The molecule has 0 bridgehead atoms. The Hall–Kier alpha value is -1.32. The molecule has 1 fully saturated rings. The number of aromatic nitrogens is 1. The van der Waals surface area contributed by atoms with E-state index in [0.29, 0.717) is 11.6 Å². The van der Waals surface area contributed by atoms with Gasteiger partial charge in [0.15, 0.2) is 0 Å². The van der Waals surface area contributed by atoms with Crippen LogP contribution >= 0.6 is 0 Å². The van der Waals surface area contributed by atoms with E-state index >= 15 is 0 Å². The Bertz CT molecular complexity index is 312. The molecule has 70 valence electrons. The molecule has 1 aromatic heterocycles. The number of hydrogen-bond donors (Lipinski definition) is 1. The van der Waals surface area contributed by atoms with Gasteiger partial charge in [-0.2, -0.15) is 4.39 Å². The van der Waals surface area contributed by atoms with Gasteiger partial charge < -0.3 is 10.1 Å². The van der Waals surface area contributed by atoms with Crippen molar-refractivity contribution >= 4 is 5.82 Å². The smallest absolute Gasteiger partial charge is 0.218 e. The highest BCUT2D eigenvalue weighted by Gasteiger charge is 2.23. The van der Waals surface area contributed by atoms with Crippen LogP contribution in [0.4, 0.5) is 10.2 Å². The number of hydrogen-bond acceptors (Lipinski definition) is 3. The van der Waals surface area contributed by atoms with E-state index in [1.54, 1.807) is 13.1 Å². The average Bonchev–Trinajstić information content (AvgIpc) is 2.87. The van der Waals surface area contributed by atoms with Crippen LogP contribution in [-0.2, 0) is 0 Å². The molecule has 1 N–H and O–H groups in total. The molecule has 0 unspecified atom stereocenters. The first kappa shape index (κ1) is 8.29. The molecule has 0 radical (unpaired) electrons. The van der Waals surface area contributed by atoms with Gasteiger partial charge >= 0.3 is 0 Å². The lowest BCUT2D eigenvalue weighted by molar-refractivity contribution is 0.301. The zero-order valence-corrected chi connectivity index (χ0v) is 7.38. The maximum Gasteiger partial charge on any atom is 0.218 e. The summed E-state index contributed by atoms with van der Waals surface area (Å²) in [6, 6.07) is 3.00. The van der Waals surface area contributed by atoms with Gasteiger partial charge in [0.2, 0.25) is 5.95 Å². The van der Waals surface area contributed by atoms with Gasteiger partial charge in [0.05, 0.1) is 6.10 Å². The standard InChI is InChI=1S/C9H11FN2O/c1-11-9-5-7(4-8(10)12-9)13-6-2-3-6/h4-6H,2-3H2,1H3,(H,11,12). The molecule has 1 aromatic rings. The predicted octanol–water partition coefficient (Wildman–Crippen LogP) is 1.80. The van der Waals surface area contributed by atoms with Crippen LogP contribution in [0.15, 0.2) is 12.1 Å². The Balaban J connectivity index is 2.17. The second kappa shape index (κ2) is 3.20. The minimum Gasteiger partial charge on any atom is -0.490 e. The summed E-state index contributed by atoms with van der Waals surface area (Å²) in [6.45, 7) is 0. The Labute approximate surface area is 75.9 Å². The van der Waals surface area contributed by atoms with Crippen molar-refractivity contribution in [2.45, 2.75) is 18.9 Å². The van der Waals surface area contributed by atoms with Crippen LogP contribution in [0, 0.1) is 5.95 Å². The molecule has 13 heavy (non-hydrogen) atoms. The predicted molar refractivity (Wildman–Crippen MR) is 47.4 cm³/mol. The van der Waals surface area contributed by atoms with Gasteiger partial charge in [-0.3, -0.25) is 0 Å². The van der Waals surface area contributed by atoms with E-state index in [2.05, 4.69) is 10.3 Å². The minimum atomic E-state index is -0.512. The molecule has 0 saturated heterocycles. The number of halogens is 1. The highest BCUT2D eigenvalue weighted by Crippen LogP contribution is 2.27. The van der Waals surface area contributed by atoms with Gasteiger partial charge in [-0.25, -0.2) is 4.98 Å². The largest absolute Gasteiger partial charge is 0.490 e. The Morgan fingerprint density at radius 3 is 2.92 bits per heavy atom. The average molecular weight is 182 g/mol. The normalized spacial score (nSPS) is 15.5. The van der Waals surface area contributed by atoms with Crippen LogP contribution in [0.3, 0.4) is 0 Å². The van der Waals surface area contributed by atoms with Crippen molar-refractivity contribution in [2.24, 2.45) is 0 Å². The van der Waals surface area contributed by atoms with E-state index in [4.69, 9.17) is 4.74 Å². The van der Waals surface area contributed by atoms with Gasteiger partial charge in [-0.15, -0.1) is 0 Å². The van der Waals surface area contributed by atoms with Crippen molar-refractivity contribution in [3.63, 3.8) is 0 Å². The molecule has 0 amide bonds. The molecule has 1 aliphatic rings. The minimum absolute atomic E-state index is 0.284. The molecular weight excluding hydrogens is 171 g/mol. The number of anilines is 1. The first-order valence-corrected chi connectivity index (χ1v) is 4.30. The van der Waals surface area contributed by atoms with Crippen molar-refractivity contribution in [3.05, 3.63) is 18.1 Å². The molecule has 0 aromatic carbocycles. The fraction of sp³-hybridized carbons (Fsp3) is 0.444. The second-order valence-electron chi connectivity index (χ2n) is 3.08. The molecule has 4 heteroatoms. The monoisotopic (exact) mass is 182 g/mol. The van der Waals surface area contributed by atoms with E-state index in [0.717, 1.165) is 12.8 Å². The lowest BCUT2D eigenvalue weighted by Gasteiger charge is -2.05. The SMILES string of the molecule is CNc1cc(OC2CC2)cc(F)n1. The molecule has 3 nitrogen and oxygen atoms in total. The number of ether oxygens (including phenoxy) is 1. The highest BCUT2D eigenvalue weighted by atomic mass is 19.1. The van der Waals surface area contributed by atoms with Gasteiger partial charge in [0.1, 0.15) is 11.6 Å². The summed E-state index contributed by atoms with van der Waals surface area (Å²) in [5.41, 5.74) is 0. The Kier molecular flexibility index (Phi) is 2.04. The summed E-state index contributed by atoms with van der Waals surface area (Å²) < 4.78 is 18.3. The number of nitrogens with zero attached hydrogens (tertiary/aromatic N) is 1. The zero-order valence-electron chi connectivity index (χ0n) is 7.38. The lowest BCUT2D eigenvalue weighted by Crippen LogP contribution is -2.00. The zero-order chi connectivity index (χ0) is 9.26. The van der Waals surface area contributed by atoms with Gasteiger partial charge in [0, 0.05) is 19.2 Å². The third-order valence-corrected chi connectivity index (χ3v) is 1.85. The van der Waals surface area contributed by atoms with Gasteiger partial charge in [-0.1, -0.05) is 0 Å². The van der Waals surface area contributed by atoms with E-state index in [-0.39, 0.29) is 6.10 Å². The topological polar surface area (TPSA) is 34.1 Å². The first-order chi connectivity index (χ1) is 6.28. The maximum atomic E-state index is 12.9. The summed E-state index contributed by atoms with van der Waals surface area (Å²) >= 11 is 0. The molecule has 1 aliphatic carbocycles. The van der Waals surface area contributed by atoms with Crippen LogP contribution in [0.1, 0.15) is 12.8 Å². The van der Waals surface area contributed by atoms with E-state index < -0.39 is 5.95 Å². The van der Waals surface area contributed by atoms with Crippen molar-refractivity contribution in [1.29, 1.82) is 0 Å². The molecule has 0 aliphatic heterocycles. The van der Waals surface area contributed by atoms with Crippen LogP contribution in [0.2, 0.25) is 0 Å². The summed E-state index contributed by atoms with van der Waals surface area (Å²) in [4.78, 5) is 3.62. The maximum absolute atomic E-state index is 12.9. The number of pyridine rings is 1. The van der Waals surface area contributed by atoms with Crippen molar-refractivity contribution in [1.82, 2.24) is 4.98 Å². The van der Waals surface area contributed by atoms with Crippen molar-refractivity contribution in [3.8, 4) is 5.75 Å². The molecule has 1 saturated carbocycles. The molecule has 0 atom stereocenters. The fourth-order valence-corrected chi connectivity index (χ4v) is 1.05.